The van der Waals surface area contributed by atoms with Gasteiger partial charge >= 0.3 is 0 Å². The van der Waals surface area contributed by atoms with Crippen molar-refractivity contribution in [3.05, 3.63) is 11.3 Å². The molecule has 0 saturated heterocycles. The highest BCUT2D eigenvalue weighted by Gasteiger charge is 2.45. The molecule has 0 bridgehead atoms. The van der Waals surface area contributed by atoms with Gasteiger partial charge in [-0.2, -0.15) is 5.10 Å². The Kier molecular flexibility index (Phi) is 2.49. The summed E-state index contributed by atoms with van der Waals surface area (Å²) < 4.78 is 0. The van der Waals surface area contributed by atoms with Gasteiger partial charge in [0.15, 0.2) is 0 Å². The molecule has 1 aliphatic carbocycles. The number of aromatic nitrogens is 2. The van der Waals surface area contributed by atoms with E-state index in [0.717, 1.165) is 6.42 Å². The zero-order valence-electron chi connectivity index (χ0n) is 9.93. The second kappa shape index (κ2) is 3.54. The van der Waals surface area contributed by atoms with Crippen LogP contribution in [-0.2, 0) is 11.8 Å². The maximum absolute atomic E-state index is 5.93. The SMILES string of the molecule is CCC1(c2[nH]nc(N)c2CC(C)C)CC1. The molecule has 3 N–H and O–H groups in total. The van der Waals surface area contributed by atoms with Crippen LogP contribution in [0.4, 0.5) is 5.82 Å². The van der Waals surface area contributed by atoms with Gasteiger partial charge in [0.2, 0.25) is 0 Å². The smallest absolute Gasteiger partial charge is 0.148 e. The average Bonchev–Trinajstić information content (AvgIpc) is 2.90. The molecule has 0 amide bonds. The average molecular weight is 207 g/mol. The van der Waals surface area contributed by atoms with Gasteiger partial charge in [0.25, 0.3) is 0 Å². The van der Waals surface area contributed by atoms with Crippen molar-refractivity contribution in [3.8, 4) is 0 Å². The number of anilines is 1. The largest absolute Gasteiger partial charge is 0.382 e. The van der Waals surface area contributed by atoms with E-state index < -0.39 is 0 Å². The van der Waals surface area contributed by atoms with Crippen molar-refractivity contribution < 1.29 is 0 Å². The summed E-state index contributed by atoms with van der Waals surface area (Å²) in [6, 6.07) is 0. The summed E-state index contributed by atoms with van der Waals surface area (Å²) in [5.74, 6) is 1.34. The minimum atomic E-state index is 0.384. The minimum Gasteiger partial charge on any atom is -0.382 e. The maximum atomic E-state index is 5.93. The Morgan fingerprint density at radius 1 is 1.47 bits per heavy atom. The Labute approximate surface area is 91.4 Å². The predicted molar refractivity (Wildman–Crippen MR) is 62.7 cm³/mol. The Bertz CT molecular complexity index is 348. The molecule has 1 aromatic rings. The van der Waals surface area contributed by atoms with Crippen LogP contribution in [0.2, 0.25) is 0 Å². The second-order valence-electron chi connectivity index (χ2n) is 5.19. The fourth-order valence-corrected chi connectivity index (χ4v) is 2.36. The molecule has 0 aliphatic heterocycles. The van der Waals surface area contributed by atoms with Crippen molar-refractivity contribution >= 4 is 5.82 Å². The van der Waals surface area contributed by atoms with E-state index in [9.17, 15) is 0 Å². The van der Waals surface area contributed by atoms with E-state index >= 15 is 0 Å². The van der Waals surface area contributed by atoms with Gasteiger partial charge in [0.05, 0.1) is 0 Å². The lowest BCUT2D eigenvalue weighted by atomic mass is 9.92. The number of nitrogens with zero attached hydrogens (tertiary/aromatic N) is 1. The molecule has 1 aliphatic rings. The topological polar surface area (TPSA) is 54.7 Å². The summed E-state index contributed by atoms with van der Waals surface area (Å²) in [7, 11) is 0. The maximum Gasteiger partial charge on any atom is 0.148 e. The first-order chi connectivity index (χ1) is 7.09. The van der Waals surface area contributed by atoms with Crippen molar-refractivity contribution in [1.82, 2.24) is 10.2 Å². The molecule has 2 rings (SSSR count). The summed E-state index contributed by atoms with van der Waals surface area (Å²) in [5, 5.41) is 7.33. The van der Waals surface area contributed by atoms with Crippen LogP contribution in [0.3, 0.4) is 0 Å². The zero-order valence-corrected chi connectivity index (χ0v) is 9.93. The van der Waals surface area contributed by atoms with E-state index in [1.807, 2.05) is 0 Å². The Hall–Kier alpha value is -0.990. The Morgan fingerprint density at radius 2 is 2.13 bits per heavy atom. The summed E-state index contributed by atoms with van der Waals surface area (Å²) in [4.78, 5) is 0. The predicted octanol–water partition coefficient (Wildman–Crippen LogP) is 2.63. The van der Waals surface area contributed by atoms with Crippen LogP contribution in [-0.4, -0.2) is 10.2 Å². The van der Waals surface area contributed by atoms with Gasteiger partial charge in [-0.05, 0) is 31.6 Å². The van der Waals surface area contributed by atoms with E-state index in [-0.39, 0.29) is 0 Å². The first kappa shape index (κ1) is 10.5. The van der Waals surface area contributed by atoms with Crippen molar-refractivity contribution in [2.75, 3.05) is 5.73 Å². The number of nitrogens with two attached hydrogens (primary N) is 1. The number of hydrogen-bond donors (Lipinski definition) is 2. The summed E-state index contributed by atoms with van der Waals surface area (Å²) in [5.41, 5.74) is 8.89. The minimum absolute atomic E-state index is 0.384. The molecule has 1 saturated carbocycles. The molecule has 1 heterocycles. The Morgan fingerprint density at radius 3 is 2.60 bits per heavy atom. The van der Waals surface area contributed by atoms with E-state index in [1.165, 1.54) is 30.5 Å². The third-order valence-electron chi connectivity index (χ3n) is 3.57. The van der Waals surface area contributed by atoms with Crippen LogP contribution in [0.15, 0.2) is 0 Å². The van der Waals surface area contributed by atoms with Crippen LogP contribution in [0.25, 0.3) is 0 Å². The van der Waals surface area contributed by atoms with Crippen LogP contribution >= 0.6 is 0 Å². The number of hydrogen-bond acceptors (Lipinski definition) is 2. The monoisotopic (exact) mass is 207 g/mol. The lowest BCUT2D eigenvalue weighted by molar-refractivity contribution is 0.602. The van der Waals surface area contributed by atoms with Crippen LogP contribution in [0.5, 0.6) is 0 Å². The third kappa shape index (κ3) is 1.75. The summed E-state index contributed by atoms with van der Waals surface area (Å²) in [6.45, 7) is 6.70. The van der Waals surface area contributed by atoms with Gasteiger partial charge in [0.1, 0.15) is 5.82 Å². The fraction of sp³-hybridized carbons (Fsp3) is 0.750. The normalized spacial score (nSPS) is 18.4. The van der Waals surface area contributed by atoms with Crippen molar-refractivity contribution in [2.24, 2.45) is 5.92 Å². The van der Waals surface area contributed by atoms with E-state index in [0.29, 0.717) is 17.2 Å². The number of H-pyrrole nitrogens is 1. The van der Waals surface area contributed by atoms with E-state index in [1.54, 1.807) is 0 Å². The third-order valence-corrected chi connectivity index (χ3v) is 3.57. The summed E-state index contributed by atoms with van der Waals surface area (Å²) in [6.07, 6.45) is 4.81. The first-order valence-corrected chi connectivity index (χ1v) is 5.92. The standard InChI is InChI=1S/C12H21N3/c1-4-12(5-6-12)10-9(7-8(2)3)11(13)15-14-10/h8H,4-7H2,1-3H3,(H3,13,14,15). The number of nitrogen functional groups attached to an aromatic ring is 1. The number of nitrogens with one attached hydrogen (secondary N) is 1. The molecular formula is C12H21N3. The quantitative estimate of drug-likeness (QED) is 0.797. The lowest BCUT2D eigenvalue weighted by Crippen LogP contribution is -2.10. The van der Waals surface area contributed by atoms with Gasteiger partial charge in [-0.1, -0.05) is 20.8 Å². The molecule has 0 spiro atoms. The van der Waals surface area contributed by atoms with Crippen molar-refractivity contribution in [1.29, 1.82) is 0 Å². The lowest BCUT2D eigenvalue weighted by Gasteiger charge is -2.14. The summed E-state index contributed by atoms with van der Waals surface area (Å²) >= 11 is 0. The first-order valence-electron chi connectivity index (χ1n) is 5.92. The molecule has 0 radical (unpaired) electrons. The van der Waals surface area contributed by atoms with Gasteiger partial charge in [0, 0.05) is 16.7 Å². The highest BCUT2D eigenvalue weighted by Crippen LogP contribution is 2.51. The van der Waals surface area contributed by atoms with Crippen molar-refractivity contribution in [2.45, 2.75) is 51.9 Å². The zero-order chi connectivity index (χ0) is 11.1. The number of rotatable bonds is 4. The molecule has 1 aromatic heterocycles. The van der Waals surface area contributed by atoms with E-state index in [4.69, 9.17) is 5.73 Å². The van der Waals surface area contributed by atoms with Gasteiger partial charge in [-0.25, -0.2) is 0 Å². The molecule has 1 fully saturated rings. The molecule has 0 unspecified atom stereocenters. The molecule has 0 aromatic carbocycles. The van der Waals surface area contributed by atoms with Gasteiger partial charge in [-0.3, -0.25) is 5.10 Å². The fourth-order valence-electron chi connectivity index (χ4n) is 2.36. The molecule has 15 heavy (non-hydrogen) atoms. The molecule has 3 nitrogen and oxygen atoms in total. The molecule has 3 heteroatoms. The van der Waals surface area contributed by atoms with Crippen LogP contribution in [0.1, 0.15) is 51.3 Å². The van der Waals surface area contributed by atoms with Gasteiger partial charge < -0.3 is 5.73 Å². The highest BCUT2D eigenvalue weighted by molar-refractivity contribution is 5.47. The van der Waals surface area contributed by atoms with Gasteiger partial charge in [-0.15, -0.1) is 0 Å². The van der Waals surface area contributed by atoms with E-state index in [2.05, 4.69) is 31.0 Å². The molecular weight excluding hydrogens is 186 g/mol. The molecule has 84 valence electrons. The second-order valence-corrected chi connectivity index (χ2v) is 5.19. The molecule has 0 atom stereocenters. The highest BCUT2D eigenvalue weighted by atomic mass is 15.2. The number of aromatic amines is 1. The van der Waals surface area contributed by atoms with Crippen LogP contribution in [0, 0.1) is 5.92 Å². The Balaban J connectivity index is 2.31. The van der Waals surface area contributed by atoms with Crippen LogP contribution < -0.4 is 5.73 Å². The van der Waals surface area contributed by atoms with Crippen molar-refractivity contribution in [3.63, 3.8) is 0 Å².